The van der Waals surface area contributed by atoms with E-state index in [0.29, 0.717) is 12.3 Å². The number of Topliss-reactive ketones (excluding diaryl/α,β-unsaturated/α-hetero) is 1. The number of rotatable bonds is 5. The summed E-state index contributed by atoms with van der Waals surface area (Å²) >= 11 is 0. The molecule has 4 heteroatoms. The van der Waals surface area contributed by atoms with Gasteiger partial charge in [0.2, 0.25) is 0 Å². The van der Waals surface area contributed by atoms with Gasteiger partial charge in [-0.3, -0.25) is 9.69 Å². The number of benzene rings is 2. The zero-order valence-electron chi connectivity index (χ0n) is 17.1. The molecule has 0 spiro atoms. The summed E-state index contributed by atoms with van der Waals surface area (Å²) in [7, 11) is 1.88. The van der Waals surface area contributed by atoms with Gasteiger partial charge < -0.3 is 10.3 Å². The summed E-state index contributed by atoms with van der Waals surface area (Å²) in [4.78, 5) is 19.0. The first-order chi connectivity index (χ1) is 14.2. The van der Waals surface area contributed by atoms with Crippen molar-refractivity contribution < 1.29 is 4.79 Å². The highest BCUT2D eigenvalue weighted by Gasteiger charge is 2.32. The predicted molar refractivity (Wildman–Crippen MR) is 119 cm³/mol. The molecule has 5 rings (SSSR count). The fourth-order valence-corrected chi connectivity index (χ4v) is 5.26. The van der Waals surface area contributed by atoms with Gasteiger partial charge in [-0.25, -0.2) is 0 Å². The average molecular weight is 388 g/mol. The lowest BCUT2D eigenvalue weighted by atomic mass is 9.87. The number of anilines is 1. The molecule has 29 heavy (non-hydrogen) atoms. The van der Waals surface area contributed by atoms with Gasteiger partial charge in [0, 0.05) is 54.4 Å². The van der Waals surface area contributed by atoms with Crippen molar-refractivity contribution in [3.8, 4) is 0 Å². The SMILES string of the molecule is CNc1cccc(C(=O)Cc2ccc3[nH]cc(C4CCC5CCCN5C4)c3c2)c1. The van der Waals surface area contributed by atoms with E-state index in [-0.39, 0.29) is 5.78 Å². The van der Waals surface area contributed by atoms with E-state index in [1.165, 1.54) is 55.2 Å². The number of hydrogen-bond acceptors (Lipinski definition) is 3. The number of nitrogens with zero attached hydrogens (tertiary/aromatic N) is 1. The monoisotopic (exact) mass is 387 g/mol. The molecule has 2 atom stereocenters. The van der Waals surface area contributed by atoms with Crippen LogP contribution >= 0.6 is 0 Å². The molecule has 3 heterocycles. The highest BCUT2D eigenvalue weighted by molar-refractivity contribution is 5.99. The lowest BCUT2D eigenvalue weighted by molar-refractivity contribution is 0.0993. The zero-order chi connectivity index (χ0) is 19.8. The van der Waals surface area contributed by atoms with Gasteiger partial charge in [0.15, 0.2) is 5.78 Å². The van der Waals surface area contributed by atoms with Crippen LogP contribution in [0.5, 0.6) is 0 Å². The van der Waals surface area contributed by atoms with Crippen LogP contribution in [0.2, 0.25) is 0 Å². The number of carbonyl (C=O) groups is 1. The van der Waals surface area contributed by atoms with Gasteiger partial charge in [-0.2, -0.15) is 0 Å². The molecule has 0 bridgehead atoms. The Labute approximate surface area is 172 Å². The molecule has 2 N–H and O–H groups in total. The van der Waals surface area contributed by atoms with Crippen molar-refractivity contribution in [1.82, 2.24) is 9.88 Å². The lowest BCUT2D eigenvalue weighted by Crippen LogP contribution is -2.37. The second-order valence-electron chi connectivity index (χ2n) is 8.62. The molecule has 0 radical (unpaired) electrons. The molecule has 0 aliphatic carbocycles. The van der Waals surface area contributed by atoms with Crippen LogP contribution in [-0.2, 0) is 6.42 Å². The molecular weight excluding hydrogens is 358 g/mol. The van der Waals surface area contributed by atoms with Crippen LogP contribution in [-0.4, -0.2) is 41.8 Å². The van der Waals surface area contributed by atoms with Crippen LogP contribution in [0.25, 0.3) is 10.9 Å². The minimum atomic E-state index is 0.163. The van der Waals surface area contributed by atoms with Crippen molar-refractivity contribution in [2.75, 3.05) is 25.5 Å². The summed E-state index contributed by atoms with van der Waals surface area (Å²) in [6.45, 7) is 2.44. The van der Waals surface area contributed by atoms with E-state index in [0.717, 1.165) is 22.9 Å². The van der Waals surface area contributed by atoms with Crippen LogP contribution in [0.15, 0.2) is 48.7 Å². The molecule has 1 aromatic heterocycles. The van der Waals surface area contributed by atoms with E-state index < -0.39 is 0 Å². The van der Waals surface area contributed by atoms with E-state index in [4.69, 9.17) is 0 Å². The van der Waals surface area contributed by atoms with E-state index in [9.17, 15) is 4.79 Å². The van der Waals surface area contributed by atoms with Gasteiger partial charge in [-0.05, 0) is 73.5 Å². The summed E-state index contributed by atoms with van der Waals surface area (Å²) in [5, 5.41) is 4.40. The predicted octanol–water partition coefficient (Wildman–Crippen LogP) is 4.98. The molecule has 2 aliphatic heterocycles. The Kier molecular flexibility index (Phi) is 4.88. The van der Waals surface area contributed by atoms with Crippen LogP contribution in [0, 0.1) is 0 Å². The normalized spacial score (nSPS) is 22.0. The Balaban J connectivity index is 1.38. The molecular formula is C25H29N3O. The first-order valence-electron chi connectivity index (χ1n) is 10.9. The standard InChI is InChI=1S/C25H29N3O/c1-26-20-5-2-4-18(14-20)25(29)13-17-7-10-24-22(12-17)23(15-27-24)19-8-9-21-6-3-11-28(21)16-19/h2,4-5,7,10,12,14-15,19,21,26-27H,3,6,8-9,11,13,16H2,1H3. The second kappa shape index (κ2) is 7.68. The Morgan fingerprint density at radius 1 is 1.17 bits per heavy atom. The number of carbonyl (C=O) groups excluding carboxylic acids is 1. The van der Waals surface area contributed by atoms with E-state index in [1.54, 1.807) is 0 Å². The van der Waals surface area contributed by atoms with Gasteiger partial charge in [0.25, 0.3) is 0 Å². The summed E-state index contributed by atoms with van der Waals surface area (Å²) in [5.41, 5.74) is 5.43. The summed E-state index contributed by atoms with van der Waals surface area (Å²) in [6.07, 6.45) is 7.96. The van der Waals surface area contributed by atoms with Crippen molar-refractivity contribution in [2.24, 2.45) is 0 Å². The van der Waals surface area contributed by atoms with E-state index in [1.807, 2.05) is 31.3 Å². The highest BCUT2D eigenvalue weighted by Crippen LogP contribution is 2.37. The van der Waals surface area contributed by atoms with Gasteiger partial charge in [-0.1, -0.05) is 18.2 Å². The van der Waals surface area contributed by atoms with Gasteiger partial charge in [0.1, 0.15) is 0 Å². The van der Waals surface area contributed by atoms with Crippen LogP contribution in [0.3, 0.4) is 0 Å². The van der Waals surface area contributed by atoms with Gasteiger partial charge in [0.05, 0.1) is 0 Å². The van der Waals surface area contributed by atoms with Gasteiger partial charge >= 0.3 is 0 Å². The Bertz CT molecular complexity index is 1040. The maximum absolute atomic E-state index is 12.8. The molecule has 4 nitrogen and oxygen atoms in total. The minimum absolute atomic E-state index is 0.163. The molecule has 2 fully saturated rings. The number of fused-ring (bicyclic) bond motifs is 2. The average Bonchev–Trinajstić information content (AvgIpc) is 3.39. The molecule has 2 aromatic carbocycles. The van der Waals surface area contributed by atoms with E-state index in [2.05, 4.69) is 39.6 Å². The van der Waals surface area contributed by atoms with E-state index >= 15 is 0 Å². The fourth-order valence-electron chi connectivity index (χ4n) is 5.26. The second-order valence-corrected chi connectivity index (χ2v) is 8.62. The lowest BCUT2D eigenvalue weighted by Gasteiger charge is -2.35. The van der Waals surface area contributed by atoms with Crippen molar-refractivity contribution in [2.45, 2.75) is 44.1 Å². The molecule has 150 valence electrons. The zero-order valence-corrected chi connectivity index (χ0v) is 17.1. The van der Waals surface area contributed by atoms with Gasteiger partial charge in [-0.15, -0.1) is 0 Å². The summed E-state index contributed by atoms with van der Waals surface area (Å²) < 4.78 is 0. The van der Waals surface area contributed by atoms with Crippen molar-refractivity contribution in [3.63, 3.8) is 0 Å². The van der Waals surface area contributed by atoms with Crippen molar-refractivity contribution in [3.05, 3.63) is 65.4 Å². The summed E-state index contributed by atoms with van der Waals surface area (Å²) in [5.74, 6) is 0.757. The number of piperidine rings is 1. The first-order valence-corrected chi connectivity index (χ1v) is 10.9. The molecule has 2 aliphatic rings. The Hall–Kier alpha value is -2.59. The number of aromatic nitrogens is 1. The largest absolute Gasteiger partial charge is 0.388 e. The first kappa shape index (κ1) is 18.4. The fraction of sp³-hybridized carbons (Fsp3) is 0.400. The minimum Gasteiger partial charge on any atom is -0.388 e. The highest BCUT2D eigenvalue weighted by atomic mass is 16.1. The third kappa shape index (κ3) is 3.58. The molecule has 3 aromatic rings. The van der Waals surface area contributed by atoms with Crippen molar-refractivity contribution >= 4 is 22.4 Å². The number of nitrogens with one attached hydrogen (secondary N) is 2. The molecule has 2 saturated heterocycles. The van der Waals surface area contributed by atoms with Crippen molar-refractivity contribution in [1.29, 1.82) is 0 Å². The summed E-state index contributed by atoms with van der Waals surface area (Å²) in [6, 6.07) is 15.0. The topological polar surface area (TPSA) is 48.1 Å². The third-order valence-electron chi connectivity index (χ3n) is 6.86. The number of H-pyrrole nitrogens is 1. The molecule has 2 unspecified atom stereocenters. The van der Waals surface area contributed by atoms with Crippen LogP contribution < -0.4 is 5.32 Å². The maximum Gasteiger partial charge on any atom is 0.167 e. The number of hydrogen-bond donors (Lipinski definition) is 2. The van der Waals surface area contributed by atoms with Crippen LogP contribution in [0.4, 0.5) is 5.69 Å². The Morgan fingerprint density at radius 2 is 2.10 bits per heavy atom. The number of aromatic amines is 1. The molecule has 0 amide bonds. The quantitative estimate of drug-likeness (QED) is 0.607. The Morgan fingerprint density at radius 3 is 3.00 bits per heavy atom. The molecule has 0 saturated carbocycles. The van der Waals surface area contributed by atoms with Crippen LogP contribution in [0.1, 0.15) is 53.1 Å². The third-order valence-corrected chi connectivity index (χ3v) is 6.86. The smallest absolute Gasteiger partial charge is 0.167 e. The number of ketones is 1. The maximum atomic E-state index is 12.8.